The maximum Gasteiger partial charge on any atom is 0.153 e. The van der Waals surface area contributed by atoms with Gasteiger partial charge in [0.2, 0.25) is 0 Å². The van der Waals surface area contributed by atoms with Crippen LogP contribution in [-0.4, -0.2) is 29.2 Å². The van der Waals surface area contributed by atoms with E-state index >= 15 is 0 Å². The zero-order chi connectivity index (χ0) is 14.0. The van der Waals surface area contributed by atoms with E-state index in [2.05, 4.69) is 37.6 Å². The SMILES string of the molecule is CNC(c1ccc(OC)c(C)c1)c1c(Br)nnn1C. The molecule has 0 aliphatic rings. The van der Waals surface area contributed by atoms with Gasteiger partial charge in [-0.3, -0.25) is 0 Å². The van der Waals surface area contributed by atoms with Gasteiger partial charge in [-0.15, -0.1) is 5.10 Å². The highest BCUT2D eigenvalue weighted by molar-refractivity contribution is 9.10. The minimum atomic E-state index is 0.0268. The van der Waals surface area contributed by atoms with Gasteiger partial charge in [0.15, 0.2) is 4.60 Å². The third kappa shape index (κ3) is 2.64. The van der Waals surface area contributed by atoms with E-state index < -0.39 is 0 Å². The molecular formula is C13H17BrN4O. The van der Waals surface area contributed by atoms with Crippen LogP contribution in [0.5, 0.6) is 5.75 Å². The lowest BCUT2D eigenvalue weighted by molar-refractivity contribution is 0.411. The van der Waals surface area contributed by atoms with E-state index in [-0.39, 0.29) is 6.04 Å². The number of hydrogen-bond acceptors (Lipinski definition) is 4. The Morgan fingerprint density at radius 3 is 2.63 bits per heavy atom. The molecule has 1 atom stereocenters. The lowest BCUT2D eigenvalue weighted by Crippen LogP contribution is -2.21. The molecule has 0 bridgehead atoms. The second kappa shape index (κ2) is 5.71. The van der Waals surface area contributed by atoms with Crippen LogP contribution in [0.2, 0.25) is 0 Å². The van der Waals surface area contributed by atoms with Crippen LogP contribution in [0.15, 0.2) is 22.8 Å². The summed E-state index contributed by atoms with van der Waals surface area (Å²) in [5, 5.41) is 11.3. The quantitative estimate of drug-likeness (QED) is 0.936. The Morgan fingerprint density at radius 1 is 1.42 bits per heavy atom. The second-order valence-electron chi connectivity index (χ2n) is 4.34. The van der Waals surface area contributed by atoms with Gasteiger partial charge in [0.05, 0.1) is 18.8 Å². The maximum atomic E-state index is 5.29. The van der Waals surface area contributed by atoms with Crippen molar-refractivity contribution in [3.63, 3.8) is 0 Å². The summed E-state index contributed by atoms with van der Waals surface area (Å²) in [6.07, 6.45) is 0. The number of rotatable bonds is 4. The first-order chi connectivity index (χ1) is 9.08. The molecule has 1 N–H and O–H groups in total. The number of aryl methyl sites for hydroxylation is 2. The van der Waals surface area contributed by atoms with Crippen molar-refractivity contribution in [2.24, 2.45) is 7.05 Å². The number of ether oxygens (including phenoxy) is 1. The van der Waals surface area contributed by atoms with E-state index in [0.29, 0.717) is 0 Å². The summed E-state index contributed by atoms with van der Waals surface area (Å²) >= 11 is 3.44. The number of halogens is 1. The van der Waals surface area contributed by atoms with Gasteiger partial charge in [0.1, 0.15) is 5.75 Å². The maximum absolute atomic E-state index is 5.29. The largest absolute Gasteiger partial charge is 0.496 e. The first-order valence-corrected chi connectivity index (χ1v) is 6.74. The average molecular weight is 325 g/mol. The number of benzene rings is 1. The molecule has 1 heterocycles. The summed E-state index contributed by atoms with van der Waals surface area (Å²) in [7, 11) is 5.48. The number of hydrogen-bond donors (Lipinski definition) is 1. The molecule has 0 fully saturated rings. The molecule has 2 aromatic rings. The molecule has 0 amide bonds. The van der Waals surface area contributed by atoms with Crippen molar-refractivity contribution in [2.45, 2.75) is 13.0 Å². The Morgan fingerprint density at radius 2 is 2.16 bits per heavy atom. The van der Waals surface area contributed by atoms with Crippen LogP contribution in [0, 0.1) is 6.92 Å². The van der Waals surface area contributed by atoms with Crippen LogP contribution in [-0.2, 0) is 7.05 Å². The predicted molar refractivity (Wildman–Crippen MR) is 77.3 cm³/mol. The molecule has 0 spiro atoms. The standard InChI is InChI=1S/C13H17BrN4O/c1-8-7-9(5-6-10(8)19-4)11(15-2)12-13(14)16-17-18(12)3/h5-7,11,15H,1-4H3. The fourth-order valence-corrected chi connectivity index (χ4v) is 2.74. The lowest BCUT2D eigenvalue weighted by Gasteiger charge is -2.18. The minimum Gasteiger partial charge on any atom is -0.496 e. The van der Waals surface area contributed by atoms with Crippen LogP contribution < -0.4 is 10.1 Å². The molecule has 1 unspecified atom stereocenters. The number of nitrogens with one attached hydrogen (secondary N) is 1. The molecule has 5 nitrogen and oxygen atoms in total. The number of aromatic nitrogens is 3. The zero-order valence-electron chi connectivity index (χ0n) is 11.4. The van der Waals surface area contributed by atoms with Crippen molar-refractivity contribution in [1.82, 2.24) is 20.3 Å². The lowest BCUT2D eigenvalue weighted by atomic mass is 10.0. The molecule has 0 aliphatic heterocycles. The Kier molecular flexibility index (Phi) is 4.21. The summed E-state index contributed by atoms with van der Waals surface area (Å²) in [4.78, 5) is 0. The molecule has 0 aliphatic carbocycles. The molecule has 102 valence electrons. The smallest absolute Gasteiger partial charge is 0.153 e. The van der Waals surface area contributed by atoms with Crippen LogP contribution in [0.1, 0.15) is 22.9 Å². The zero-order valence-corrected chi connectivity index (χ0v) is 13.0. The van der Waals surface area contributed by atoms with E-state index in [1.54, 1.807) is 11.8 Å². The van der Waals surface area contributed by atoms with Gasteiger partial charge >= 0.3 is 0 Å². The van der Waals surface area contributed by atoms with E-state index in [9.17, 15) is 0 Å². The monoisotopic (exact) mass is 324 g/mol. The fraction of sp³-hybridized carbons (Fsp3) is 0.385. The van der Waals surface area contributed by atoms with Gasteiger partial charge in [-0.05, 0) is 47.1 Å². The summed E-state index contributed by atoms with van der Waals surface area (Å²) < 4.78 is 7.81. The van der Waals surface area contributed by atoms with Crippen LogP contribution >= 0.6 is 15.9 Å². The highest BCUT2D eigenvalue weighted by Crippen LogP contribution is 2.29. The first kappa shape index (κ1) is 14.0. The van der Waals surface area contributed by atoms with Crippen molar-refractivity contribution < 1.29 is 4.74 Å². The first-order valence-electron chi connectivity index (χ1n) is 5.95. The van der Waals surface area contributed by atoms with Gasteiger partial charge in [-0.2, -0.15) is 0 Å². The molecule has 19 heavy (non-hydrogen) atoms. The molecule has 6 heteroatoms. The number of nitrogens with zero attached hydrogens (tertiary/aromatic N) is 3. The Labute approximate surface area is 121 Å². The van der Waals surface area contributed by atoms with Gasteiger partial charge in [0, 0.05) is 7.05 Å². The van der Waals surface area contributed by atoms with Crippen molar-refractivity contribution in [2.75, 3.05) is 14.2 Å². The van der Waals surface area contributed by atoms with Crippen molar-refractivity contribution in [1.29, 1.82) is 0 Å². The Bertz CT molecular complexity index is 563. The topological polar surface area (TPSA) is 52.0 Å². The minimum absolute atomic E-state index is 0.0268. The van der Waals surface area contributed by atoms with Crippen LogP contribution in [0.3, 0.4) is 0 Å². The summed E-state index contributed by atoms with van der Waals surface area (Å²) in [5.41, 5.74) is 3.24. The predicted octanol–water partition coefficient (Wildman–Crippen LogP) is 2.20. The fourth-order valence-electron chi connectivity index (χ4n) is 2.19. The van der Waals surface area contributed by atoms with E-state index in [1.165, 1.54) is 0 Å². The third-order valence-electron chi connectivity index (χ3n) is 3.14. The van der Waals surface area contributed by atoms with Crippen LogP contribution in [0.25, 0.3) is 0 Å². The highest BCUT2D eigenvalue weighted by atomic mass is 79.9. The number of methoxy groups -OCH3 is 1. The average Bonchev–Trinajstić information content (AvgIpc) is 2.72. The summed E-state index contributed by atoms with van der Waals surface area (Å²) in [5.74, 6) is 0.890. The van der Waals surface area contributed by atoms with Crippen molar-refractivity contribution >= 4 is 15.9 Å². The van der Waals surface area contributed by atoms with E-state index in [0.717, 1.165) is 27.2 Å². The molecule has 0 radical (unpaired) electrons. The van der Waals surface area contributed by atoms with Crippen molar-refractivity contribution in [3.05, 3.63) is 39.6 Å². The molecule has 0 saturated carbocycles. The highest BCUT2D eigenvalue weighted by Gasteiger charge is 2.20. The van der Waals surface area contributed by atoms with Gasteiger partial charge in [-0.25, -0.2) is 4.68 Å². The van der Waals surface area contributed by atoms with Gasteiger partial charge < -0.3 is 10.1 Å². The Hall–Kier alpha value is -1.40. The molecular weight excluding hydrogens is 308 g/mol. The summed E-state index contributed by atoms with van der Waals surface area (Å²) in [6.45, 7) is 2.03. The van der Waals surface area contributed by atoms with Gasteiger partial charge in [-0.1, -0.05) is 17.3 Å². The third-order valence-corrected chi connectivity index (χ3v) is 3.71. The van der Waals surface area contributed by atoms with Crippen LogP contribution in [0.4, 0.5) is 0 Å². The molecule has 1 aromatic carbocycles. The van der Waals surface area contributed by atoms with E-state index in [4.69, 9.17) is 4.74 Å². The molecule has 0 saturated heterocycles. The molecule has 2 rings (SSSR count). The van der Waals surface area contributed by atoms with Gasteiger partial charge in [0.25, 0.3) is 0 Å². The Balaban J connectivity index is 2.46. The van der Waals surface area contributed by atoms with E-state index in [1.807, 2.05) is 33.2 Å². The van der Waals surface area contributed by atoms with Crippen molar-refractivity contribution in [3.8, 4) is 5.75 Å². The second-order valence-corrected chi connectivity index (χ2v) is 5.09. The summed E-state index contributed by atoms with van der Waals surface area (Å²) in [6, 6.07) is 6.16. The normalized spacial score (nSPS) is 12.5. The molecule has 1 aromatic heterocycles.